The van der Waals surface area contributed by atoms with Gasteiger partial charge in [-0.25, -0.2) is 0 Å². The topological polar surface area (TPSA) is 15.8 Å². The van der Waals surface area contributed by atoms with Gasteiger partial charge in [-0.1, -0.05) is 0 Å². The number of hydrogen-bond acceptors (Lipinski definition) is 0. The van der Waals surface area contributed by atoms with E-state index in [9.17, 15) is 0 Å². The number of nitrogens with one attached hydrogen (secondary N) is 1. The molecule has 44 valence electrons. The first-order chi connectivity index (χ1) is 3.93. The Labute approximate surface area is 53.7 Å². The summed E-state index contributed by atoms with van der Waals surface area (Å²) in [5, 5.41) is 0. The fraction of sp³-hybridized carbons (Fsp3) is 0.333. The van der Waals surface area contributed by atoms with Crippen LogP contribution in [0.2, 0.25) is 0 Å². The van der Waals surface area contributed by atoms with Crippen LogP contribution in [0.5, 0.6) is 0 Å². The van der Waals surface area contributed by atoms with Crippen LogP contribution in [-0.2, 0) is 6.42 Å². The van der Waals surface area contributed by atoms with Gasteiger partial charge in [0, 0.05) is 18.3 Å². The first-order valence-electron chi connectivity index (χ1n) is 2.61. The van der Waals surface area contributed by atoms with Gasteiger partial charge in [-0.05, 0) is 18.1 Å². The maximum Gasteiger partial charge on any atom is 0.0264 e. The van der Waals surface area contributed by atoms with Crippen LogP contribution >= 0.6 is 11.6 Å². The molecule has 0 spiro atoms. The Kier molecular flexibility index (Phi) is 1.98. The number of aromatic nitrogens is 1. The van der Waals surface area contributed by atoms with E-state index >= 15 is 0 Å². The average molecular weight is 130 g/mol. The van der Waals surface area contributed by atoms with Gasteiger partial charge < -0.3 is 4.98 Å². The number of rotatable bonds is 2. The Morgan fingerprint density at radius 2 is 2.50 bits per heavy atom. The zero-order valence-electron chi connectivity index (χ0n) is 4.52. The summed E-state index contributed by atoms with van der Waals surface area (Å²) >= 11 is 5.48. The molecule has 0 saturated heterocycles. The molecule has 1 aromatic heterocycles. The van der Waals surface area contributed by atoms with Crippen LogP contribution in [0.25, 0.3) is 0 Å². The first-order valence-corrected chi connectivity index (χ1v) is 3.14. The summed E-state index contributed by atoms with van der Waals surface area (Å²) in [4.78, 5) is 2.96. The highest BCUT2D eigenvalue weighted by Gasteiger charge is 1.87. The van der Waals surface area contributed by atoms with Gasteiger partial charge in [-0.3, -0.25) is 0 Å². The third-order valence-corrected chi connectivity index (χ3v) is 1.23. The summed E-state index contributed by atoms with van der Waals surface area (Å²) in [5.41, 5.74) is 1.28. The number of hydrogen-bond donors (Lipinski definition) is 1. The SMILES string of the molecule is ClCCc1cc[nH]c1. The number of alkyl halides is 1. The summed E-state index contributed by atoms with van der Waals surface area (Å²) in [6.45, 7) is 0. The molecule has 0 aliphatic carbocycles. The van der Waals surface area contributed by atoms with E-state index in [-0.39, 0.29) is 0 Å². The van der Waals surface area contributed by atoms with Crippen LogP contribution in [0.3, 0.4) is 0 Å². The Bertz CT molecular complexity index is 134. The zero-order chi connectivity index (χ0) is 5.82. The largest absolute Gasteiger partial charge is 0.367 e. The molecule has 0 bridgehead atoms. The number of aryl methyl sites for hydroxylation is 1. The molecule has 0 unspecified atom stereocenters. The van der Waals surface area contributed by atoms with E-state index in [0.717, 1.165) is 6.42 Å². The molecule has 1 aromatic rings. The molecular weight excluding hydrogens is 122 g/mol. The highest BCUT2D eigenvalue weighted by Crippen LogP contribution is 1.97. The number of aromatic amines is 1. The monoisotopic (exact) mass is 129 g/mol. The third-order valence-electron chi connectivity index (χ3n) is 1.05. The highest BCUT2D eigenvalue weighted by molar-refractivity contribution is 6.17. The Balaban J connectivity index is 2.50. The second-order valence-electron chi connectivity index (χ2n) is 1.66. The maximum absolute atomic E-state index is 5.48. The highest BCUT2D eigenvalue weighted by atomic mass is 35.5. The van der Waals surface area contributed by atoms with Gasteiger partial charge in [0.2, 0.25) is 0 Å². The minimum atomic E-state index is 0.706. The lowest BCUT2D eigenvalue weighted by Gasteiger charge is -1.84. The van der Waals surface area contributed by atoms with E-state index in [1.54, 1.807) is 0 Å². The maximum atomic E-state index is 5.48. The molecule has 0 radical (unpaired) electrons. The van der Waals surface area contributed by atoms with Gasteiger partial charge in [0.1, 0.15) is 0 Å². The summed E-state index contributed by atoms with van der Waals surface area (Å²) in [6.07, 6.45) is 4.83. The molecule has 0 amide bonds. The van der Waals surface area contributed by atoms with Gasteiger partial charge in [-0.2, -0.15) is 0 Å². The smallest absolute Gasteiger partial charge is 0.0264 e. The summed E-state index contributed by atoms with van der Waals surface area (Å²) in [7, 11) is 0. The number of H-pyrrole nitrogens is 1. The van der Waals surface area contributed by atoms with Gasteiger partial charge in [0.15, 0.2) is 0 Å². The van der Waals surface area contributed by atoms with Crippen molar-refractivity contribution >= 4 is 11.6 Å². The van der Waals surface area contributed by atoms with Gasteiger partial charge in [0.05, 0.1) is 0 Å². The fourth-order valence-corrected chi connectivity index (χ4v) is 0.841. The molecule has 1 N–H and O–H groups in total. The van der Waals surface area contributed by atoms with Crippen molar-refractivity contribution in [2.75, 3.05) is 5.88 Å². The van der Waals surface area contributed by atoms with Crippen molar-refractivity contribution < 1.29 is 0 Å². The molecular formula is C6H8ClN. The molecule has 0 aliphatic heterocycles. The fourth-order valence-electron chi connectivity index (χ4n) is 0.623. The molecule has 0 fully saturated rings. The van der Waals surface area contributed by atoms with Crippen LogP contribution < -0.4 is 0 Å². The van der Waals surface area contributed by atoms with E-state index in [0.29, 0.717) is 5.88 Å². The molecule has 1 rings (SSSR count). The molecule has 1 nitrogen and oxygen atoms in total. The van der Waals surface area contributed by atoms with Crippen molar-refractivity contribution in [2.24, 2.45) is 0 Å². The van der Waals surface area contributed by atoms with Gasteiger partial charge in [0.25, 0.3) is 0 Å². The predicted octanol–water partition coefficient (Wildman–Crippen LogP) is 1.80. The molecule has 0 aliphatic rings. The molecule has 2 heteroatoms. The Morgan fingerprint density at radius 1 is 1.62 bits per heavy atom. The second kappa shape index (κ2) is 2.78. The number of halogens is 1. The van der Waals surface area contributed by atoms with E-state index in [1.165, 1.54) is 5.56 Å². The average Bonchev–Trinajstić information content (AvgIpc) is 2.19. The van der Waals surface area contributed by atoms with Crippen molar-refractivity contribution in [3.8, 4) is 0 Å². The van der Waals surface area contributed by atoms with Crippen molar-refractivity contribution in [1.82, 2.24) is 4.98 Å². The Hall–Kier alpha value is -0.430. The van der Waals surface area contributed by atoms with E-state index in [1.807, 2.05) is 18.5 Å². The molecule has 8 heavy (non-hydrogen) atoms. The van der Waals surface area contributed by atoms with Crippen LogP contribution in [-0.4, -0.2) is 10.9 Å². The second-order valence-corrected chi connectivity index (χ2v) is 2.04. The van der Waals surface area contributed by atoms with E-state index in [4.69, 9.17) is 11.6 Å². The van der Waals surface area contributed by atoms with E-state index < -0.39 is 0 Å². The molecule has 0 atom stereocenters. The van der Waals surface area contributed by atoms with Crippen molar-refractivity contribution in [3.63, 3.8) is 0 Å². The minimum absolute atomic E-state index is 0.706. The standard InChI is InChI=1S/C6H8ClN/c7-3-1-6-2-4-8-5-6/h2,4-5,8H,1,3H2. The first kappa shape index (κ1) is 5.70. The van der Waals surface area contributed by atoms with Crippen LogP contribution in [0.4, 0.5) is 0 Å². The zero-order valence-corrected chi connectivity index (χ0v) is 5.28. The summed E-state index contributed by atoms with van der Waals surface area (Å²) < 4.78 is 0. The normalized spacial score (nSPS) is 9.62. The van der Waals surface area contributed by atoms with Crippen LogP contribution in [0, 0.1) is 0 Å². The van der Waals surface area contributed by atoms with Crippen molar-refractivity contribution in [2.45, 2.75) is 6.42 Å². The summed E-state index contributed by atoms with van der Waals surface area (Å²) in [6, 6.07) is 2.03. The lowest BCUT2D eigenvalue weighted by Crippen LogP contribution is -1.79. The third kappa shape index (κ3) is 1.27. The van der Waals surface area contributed by atoms with Crippen molar-refractivity contribution in [1.29, 1.82) is 0 Å². The molecule has 0 aromatic carbocycles. The molecule has 1 heterocycles. The van der Waals surface area contributed by atoms with Gasteiger partial charge in [-0.15, -0.1) is 11.6 Å². The van der Waals surface area contributed by atoms with Crippen molar-refractivity contribution in [3.05, 3.63) is 24.0 Å². The van der Waals surface area contributed by atoms with Gasteiger partial charge >= 0.3 is 0 Å². The van der Waals surface area contributed by atoms with Crippen LogP contribution in [0.1, 0.15) is 5.56 Å². The lowest BCUT2D eigenvalue weighted by atomic mass is 10.3. The quantitative estimate of drug-likeness (QED) is 0.586. The molecule has 0 saturated carbocycles. The van der Waals surface area contributed by atoms with E-state index in [2.05, 4.69) is 4.98 Å². The Morgan fingerprint density at radius 3 is 3.00 bits per heavy atom. The summed E-state index contributed by atoms with van der Waals surface area (Å²) in [5.74, 6) is 0.706. The van der Waals surface area contributed by atoms with Crippen LogP contribution in [0.15, 0.2) is 18.5 Å². The predicted molar refractivity (Wildman–Crippen MR) is 35.2 cm³/mol. The lowest BCUT2D eigenvalue weighted by molar-refractivity contribution is 1.15. The minimum Gasteiger partial charge on any atom is -0.367 e.